The minimum absolute atomic E-state index is 0. The summed E-state index contributed by atoms with van der Waals surface area (Å²) < 4.78 is 42.1. The van der Waals surface area contributed by atoms with Crippen LogP contribution in [0.3, 0.4) is 0 Å². The zero-order chi connectivity index (χ0) is 41.5. The molecule has 0 aliphatic carbocycles. The molecule has 0 saturated heterocycles. The number of nitrogens with zero attached hydrogens (tertiary/aromatic N) is 1. The molecule has 0 atom stereocenters. The van der Waals surface area contributed by atoms with E-state index in [9.17, 15) is 23.1 Å². The fourth-order valence-corrected chi connectivity index (χ4v) is 7.56. The van der Waals surface area contributed by atoms with Crippen molar-refractivity contribution in [3.05, 3.63) is 138 Å². The Morgan fingerprint density at radius 1 is 0.759 bits per heavy atom. The van der Waals surface area contributed by atoms with Gasteiger partial charge in [0.2, 0.25) is 0 Å². The molecule has 0 aliphatic heterocycles. The van der Waals surface area contributed by atoms with Gasteiger partial charge in [0.1, 0.15) is 0 Å². The van der Waals surface area contributed by atoms with Gasteiger partial charge in [-0.3, -0.25) is 9.78 Å². The molecule has 1 radical (unpaired) electrons. The number of ketones is 1. The Bertz CT molecular complexity index is 2340. The number of benzene rings is 5. The average molecular weight is 963 g/mol. The van der Waals surface area contributed by atoms with Crippen LogP contribution >= 0.6 is 0 Å². The molecule has 6 aromatic rings. The summed E-state index contributed by atoms with van der Waals surface area (Å²) in [6, 6.07) is 38.2. The van der Waals surface area contributed by atoms with Crippen molar-refractivity contribution in [1.29, 1.82) is 0 Å². The molecule has 0 saturated carbocycles. The number of hydrogen-bond donors (Lipinski definition) is 1. The van der Waals surface area contributed by atoms with Gasteiger partial charge in [0, 0.05) is 49.1 Å². The number of rotatable bonds is 12. The van der Waals surface area contributed by atoms with Crippen LogP contribution < -0.4 is 0 Å². The summed E-state index contributed by atoms with van der Waals surface area (Å²) in [5.41, 5.74) is 7.13. The Labute approximate surface area is 356 Å². The van der Waals surface area contributed by atoms with Crippen LogP contribution in [-0.4, -0.2) is 22.1 Å². The first-order chi connectivity index (χ1) is 27.1. The fraction of sp³-hybridized carbons (Fsp3) is 0.333. The van der Waals surface area contributed by atoms with E-state index >= 15 is 0 Å². The van der Waals surface area contributed by atoms with E-state index in [1.54, 1.807) is 0 Å². The normalized spacial score (nSPS) is 12.1. The smallest absolute Gasteiger partial charge is 0.394 e. The number of halogens is 3. The third kappa shape index (κ3) is 10.7. The third-order valence-electron chi connectivity index (χ3n) is 11.2. The van der Waals surface area contributed by atoms with E-state index in [4.69, 9.17) is 4.98 Å². The number of hydrogen-bond acceptors (Lipinski definition) is 3. The summed E-state index contributed by atoms with van der Waals surface area (Å²) in [6.45, 7) is 14.5. The van der Waals surface area contributed by atoms with Crippen LogP contribution in [0, 0.1) is 37.2 Å². The van der Waals surface area contributed by atoms with E-state index in [1.165, 1.54) is 19.9 Å². The maximum atomic E-state index is 14.0. The van der Waals surface area contributed by atoms with Crippen molar-refractivity contribution in [2.45, 2.75) is 93.7 Å². The number of fused-ring (bicyclic) bond motifs is 2. The van der Waals surface area contributed by atoms with Gasteiger partial charge >= 0.3 is 6.18 Å². The third-order valence-corrected chi connectivity index (χ3v) is 11.2. The van der Waals surface area contributed by atoms with Gasteiger partial charge in [-0.2, -0.15) is 13.2 Å². The number of aliphatic hydroxyl groups is 1. The summed E-state index contributed by atoms with van der Waals surface area (Å²) >= 11 is 0. The molecule has 0 unspecified atom stereocenters. The van der Waals surface area contributed by atoms with E-state index in [0.29, 0.717) is 16.8 Å². The van der Waals surface area contributed by atoms with Gasteiger partial charge in [-0.1, -0.05) is 143 Å². The summed E-state index contributed by atoms with van der Waals surface area (Å²) in [7, 11) is 0. The number of pyridine rings is 1. The Hall–Kier alpha value is -4.58. The second-order valence-electron chi connectivity index (χ2n) is 15.8. The number of aliphatic hydroxyl groups excluding tert-OH is 1. The summed E-state index contributed by atoms with van der Waals surface area (Å²) in [5, 5.41) is 12.5. The van der Waals surface area contributed by atoms with E-state index in [2.05, 4.69) is 54.6 Å². The number of aromatic nitrogens is 1. The molecular formula is C51H55F3IrNO2-. The Morgan fingerprint density at radius 3 is 1.93 bits per heavy atom. The molecule has 1 heterocycles. The van der Waals surface area contributed by atoms with Gasteiger partial charge in [-0.05, 0) is 85.4 Å². The number of allylic oxidation sites excluding steroid dienone is 2. The zero-order valence-corrected chi connectivity index (χ0v) is 37.2. The van der Waals surface area contributed by atoms with Crippen molar-refractivity contribution in [2.24, 2.45) is 17.3 Å². The largest absolute Gasteiger partial charge is 0.512 e. The number of alkyl halides is 3. The molecule has 5 aromatic carbocycles. The second-order valence-corrected chi connectivity index (χ2v) is 15.8. The average Bonchev–Trinajstić information content (AvgIpc) is 3.18. The van der Waals surface area contributed by atoms with Crippen molar-refractivity contribution in [2.75, 3.05) is 0 Å². The quantitative estimate of drug-likeness (QED) is 0.0755. The molecule has 0 bridgehead atoms. The van der Waals surface area contributed by atoms with E-state index < -0.39 is 11.6 Å². The van der Waals surface area contributed by atoms with Crippen molar-refractivity contribution in [1.82, 2.24) is 4.98 Å². The standard InChI is InChI=1S/C38H31F3N.C13H24O2.Ir/c1-24-18-25(2)36-31(23-37(3,4)38(39,40)41)22-34(42-35(36)19-24)30-20-29-12-8-9-13-32(29)33(21-30)28-16-14-27(15-17-28)26-10-6-5-7-11-26;1-5-10(6-2)12(14)9-13(15)11(7-3)8-4;/h5-19,21-22H,23H2,1-4H3;9-11,14H,5-8H2,1-4H3;/q-1;;/b;12-9-;. The number of aryl methyl sites for hydroxylation is 2. The van der Waals surface area contributed by atoms with Crippen LogP contribution in [0.4, 0.5) is 13.2 Å². The SMILES string of the molecule is CCC(CC)C(=O)/C=C(\O)C(CC)CC.Cc1cc(C)c2c(CC(C)(C)C(F)(F)F)cc(-c3[c-]c4ccccc4c(-c4ccc(-c5ccccc5)cc4)c3)nc2c1.[Ir]. The summed E-state index contributed by atoms with van der Waals surface area (Å²) in [5.74, 6) is 0.547. The van der Waals surface area contributed by atoms with Crippen LogP contribution in [0.1, 0.15) is 83.9 Å². The van der Waals surface area contributed by atoms with Crippen molar-refractivity contribution < 1.29 is 43.2 Å². The van der Waals surface area contributed by atoms with E-state index in [-0.39, 0.29) is 49.9 Å². The molecule has 0 spiro atoms. The molecule has 1 aromatic heterocycles. The Balaban J connectivity index is 0.000000398. The first kappa shape index (κ1) is 46.1. The molecule has 1 N–H and O–H groups in total. The summed E-state index contributed by atoms with van der Waals surface area (Å²) in [6.07, 6.45) is 0.423. The minimum atomic E-state index is -4.34. The first-order valence-corrected chi connectivity index (χ1v) is 20.1. The number of carbonyl (C=O) groups is 1. The van der Waals surface area contributed by atoms with Gasteiger partial charge < -0.3 is 5.11 Å². The van der Waals surface area contributed by atoms with Crippen molar-refractivity contribution in [3.63, 3.8) is 0 Å². The van der Waals surface area contributed by atoms with Gasteiger partial charge in [0.05, 0.1) is 16.7 Å². The Kier molecular flexibility index (Phi) is 15.8. The molecule has 0 amide bonds. The maximum Gasteiger partial charge on any atom is 0.394 e. The van der Waals surface area contributed by atoms with Crippen molar-refractivity contribution >= 4 is 27.5 Å². The molecule has 0 aliphatic rings. The molecule has 7 heteroatoms. The fourth-order valence-electron chi connectivity index (χ4n) is 7.56. The second kappa shape index (κ2) is 19.9. The van der Waals surface area contributed by atoms with E-state index in [1.807, 2.05) is 96.1 Å². The molecule has 6 rings (SSSR count). The van der Waals surface area contributed by atoms with Crippen LogP contribution in [0.15, 0.2) is 115 Å². The summed E-state index contributed by atoms with van der Waals surface area (Å²) in [4.78, 5) is 16.7. The topological polar surface area (TPSA) is 50.2 Å². The molecular weight excluding hydrogens is 908 g/mol. The van der Waals surface area contributed by atoms with Crippen LogP contribution in [0.25, 0.3) is 55.2 Å². The molecule has 3 nitrogen and oxygen atoms in total. The molecule has 0 fully saturated rings. The van der Waals surface area contributed by atoms with Gasteiger partial charge in [0.15, 0.2) is 5.78 Å². The van der Waals surface area contributed by atoms with Crippen LogP contribution in [0.2, 0.25) is 0 Å². The van der Waals surface area contributed by atoms with Gasteiger partial charge in [0.25, 0.3) is 0 Å². The van der Waals surface area contributed by atoms with Gasteiger partial charge in [-0.25, -0.2) is 0 Å². The zero-order valence-electron chi connectivity index (χ0n) is 34.9. The predicted octanol–water partition coefficient (Wildman–Crippen LogP) is 14.8. The Morgan fingerprint density at radius 2 is 1.33 bits per heavy atom. The monoisotopic (exact) mass is 963 g/mol. The number of carbonyl (C=O) groups excluding carboxylic acids is 1. The molecule has 58 heavy (non-hydrogen) atoms. The predicted molar refractivity (Wildman–Crippen MR) is 231 cm³/mol. The minimum Gasteiger partial charge on any atom is -0.512 e. The van der Waals surface area contributed by atoms with Crippen LogP contribution in [-0.2, 0) is 31.3 Å². The molecule has 307 valence electrons. The maximum absolute atomic E-state index is 14.0. The first-order valence-electron chi connectivity index (χ1n) is 20.1. The van der Waals surface area contributed by atoms with Crippen LogP contribution in [0.5, 0.6) is 0 Å². The van der Waals surface area contributed by atoms with Crippen molar-refractivity contribution in [3.8, 4) is 33.5 Å². The van der Waals surface area contributed by atoms with Gasteiger partial charge in [-0.15, -0.1) is 23.6 Å². The van der Waals surface area contributed by atoms with E-state index in [0.717, 1.165) is 80.8 Å².